The van der Waals surface area contributed by atoms with E-state index in [4.69, 9.17) is 10.7 Å². The molecule has 0 aliphatic carbocycles. The van der Waals surface area contributed by atoms with E-state index in [1.165, 1.54) is 5.56 Å². The molecular formula is C25H37ClN2O2. The van der Waals surface area contributed by atoms with Crippen molar-refractivity contribution in [2.24, 2.45) is 17.1 Å². The Morgan fingerprint density at radius 2 is 1.67 bits per heavy atom. The van der Waals surface area contributed by atoms with Crippen LogP contribution in [0.2, 0.25) is 0 Å². The van der Waals surface area contributed by atoms with Gasteiger partial charge in [-0.2, -0.15) is 0 Å². The number of rotatable bonds is 9. The highest BCUT2D eigenvalue weighted by molar-refractivity contribution is 5.85. The van der Waals surface area contributed by atoms with E-state index in [0.29, 0.717) is 31.7 Å². The van der Waals surface area contributed by atoms with Crippen LogP contribution in [-0.2, 0) is 24.2 Å². The number of nitrogens with two attached hydrogens (primary N) is 1. The maximum absolute atomic E-state index is 12.2. The first-order valence-electron chi connectivity index (χ1n) is 10.7. The van der Waals surface area contributed by atoms with E-state index in [1.807, 2.05) is 20.8 Å². The number of carboxylic acids is 1. The van der Waals surface area contributed by atoms with E-state index in [0.717, 1.165) is 40.1 Å². The predicted octanol–water partition coefficient (Wildman–Crippen LogP) is 5.88. The van der Waals surface area contributed by atoms with Crippen LogP contribution in [0.25, 0.3) is 11.1 Å². The molecule has 0 atom stereocenters. The van der Waals surface area contributed by atoms with Crippen molar-refractivity contribution < 1.29 is 9.90 Å². The average Bonchev–Trinajstić information content (AvgIpc) is 2.67. The van der Waals surface area contributed by atoms with Crippen LogP contribution < -0.4 is 5.73 Å². The molecule has 0 amide bonds. The first kappa shape index (κ1) is 26.1. The molecule has 30 heavy (non-hydrogen) atoms. The number of carboxylic acid groups (broad SMARTS) is 1. The molecule has 0 radical (unpaired) electrons. The summed E-state index contributed by atoms with van der Waals surface area (Å²) in [6, 6.07) is 8.43. The number of aromatic nitrogens is 1. The Bertz CT molecular complexity index is 856. The molecule has 0 saturated heterocycles. The highest BCUT2D eigenvalue weighted by Crippen LogP contribution is 2.39. The molecule has 1 aromatic carbocycles. The van der Waals surface area contributed by atoms with Crippen LogP contribution in [0.3, 0.4) is 0 Å². The van der Waals surface area contributed by atoms with Gasteiger partial charge >= 0.3 is 5.97 Å². The summed E-state index contributed by atoms with van der Waals surface area (Å²) in [4.78, 5) is 17.1. The molecule has 0 saturated carbocycles. The van der Waals surface area contributed by atoms with Gasteiger partial charge in [-0.05, 0) is 67.7 Å². The zero-order chi connectivity index (χ0) is 21.8. The number of halogens is 1. The quantitative estimate of drug-likeness (QED) is 0.518. The first-order valence-corrected chi connectivity index (χ1v) is 10.7. The van der Waals surface area contributed by atoms with Gasteiger partial charge in [-0.3, -0.25) is 9.78 Å². The summed E-state index contributed by atoms with van der Waals surface area (Å²) in [6.07, 6.45) is 2.49. The predicted molar refractivity (Wildman–Crippen MR) is 127 cm³/mol. The zero-order valence-corrected chi connectivity index (χ0v) is 20.0. The first-order chi connectivity index (χ1) is 13.7. The zero-order valence-electron chi connectivity index (χ0n) is 19.2. The van der Waals surface area contributed by atoms with E-state index in [2.05, 4.69) is 45.0 Å². The molecule has 166 valence electrons. The van der Waals surface area contributed by atoms with E-state index in [9.17, 15) is 9.90 Å². The Hall–Kier alpha value is -1.91. The Morgan fingerprint density at radius 1 is 1.10 bits per heavy atom. The van der Waals surface area contributed by atoms with Crippen molar-refractivity contribution in [1.82, 2.24) is 4.98 Å². The molecule has 0 unspecified atom stereocenters. The summed E-state index contributed by atoms with van der Waals surface area (Å²) in [5.74, 6) is -0.273. The minimum Gasteiger partial charge on any atom is -0.481 e. The third kappa shape index (κ3) is 5.41. The van der Waals surface area contributed by atoms with Gasteiger partial charge in [0.05, 0.1) is 5.41 Å². The van der Waals surface area contributed by atoms with E-state index < -0.39 is 11.4 Å². The monoisotopic (exact) mass is 432 g/mol. The van der Waals surface area contributed by atoms with E-state index in [-0.39, 0.29) is 12.4 Å². The molecule has 3 N–H and O–H groups in total. The van der Waals surface area contributed by atoms with Crippen LogP contribution in [-0.4, -0.2) is 16.1 Å². The fraction of sp³-hybridized carbons (Fsp3) is 0.520. The molecule has 2 rings (SSSR count). The summed E-state index contributed by atoms with van der Waals surface area (Å²) in [6.45, 7) is 12.8. The van der Waals surface area contributed by atoms with Crippen LogP contribution in [0, 0.1) is 25.2 Å². The highest BCUT2D eigenvalue weighted by atomic mass is 35.5. The highest BCUT2D eigenvalue weighted by Gasteiger charge is 2.37. The number of pyridine rings is 1. The second-order valence-corrected chi connectivity index (χ2v) is 8.61. The molecule has 0 aliphatic rings. The summed E-state index contributed by atoms with van der Waals surface area (Å²) in [5, 5.41) is 10.0. The van der Waals surface area contributed by atoms with E-state index >= 15 is 0 Å². The Morgan fingerprint density at radius 3 is 2.10 bits per heavy atom. The molecule has 1 aromatic heterocycles. The number of hydrogen-bond acceptors (Lipinski definition) is 3. The number of carbonyl (C=O) groups is 1. The topological polar surface area (TPSA) is 76.2 Å². The maximum Gasteiger partial charge on any atom is 0.309 e. The molecule has 0 fully saturated rings. The van der Waals surface area contributed by atoms with Crippen molar-refractivity contribution in [2.45, 2.75) is 73.8 Å². The third-order valence-electron chi connectivity index (χ3n) is 6.16. The Kier molecular flexibility index (Phi) is 9.51. The van der Waals surface area contributed by atoms with Crippen LogP contribution in [0.4, 0.5) is 0 Å². The number of benzene rings is 1. The fourth-order valence-corrected chi connectivity index (χ4v) is 4.12. The fourth-order valence-electron chi connectivity index (χ4n) is 4.12. The SMILES string of the molecule is CCC(CC)(Cc1c(C)nc(CC(C)C)c(CN)c1-c1ccc(C)cc1)C(=O)O.Cl. The number of hydrogen-bond donors (Lipinski definition) is 2. The molecule has 4 nitrogen and oxygen atoms in total. The van der Waals surface area contributed by atoms with E-state index in [1.54, 1.807) is 0 Å². The maximum atomic E-state index is 12.2. The minimum atomic E-state index is -0.794. The van der Waals surface area contributed by atoms with Crippen molar-refractivity contribution in [2.75, 3.05) is 0 Å². The van der Waals surface area contributed by atoms with Crippen LogP contribution in [0.5, 0.6) is 0 Å². The van der Waals surface area contributed by atoms with Gasteiger partial charge in [-0.1, -0.05) is 57.5 Å². The van der Waals surface area contributed by atoms with Crippen LogP contribution >= 0.6 is 12.4 Å². The normalized spacial score (nSPS) is 11.5. The molecule has 0 spiro atoms. The van der Waals surface area contributed by atoms with Gasteiger partial charge in [0.25, 0.3) is 0 Å². The third-order valence-corrected chi connectivity index (χ3v) is 6.16. The van der Waals surface area contributed by atoms with Crippen molar-refractivity contribution in [3.05, 3.63) is 52.3 Å². The molecule has 1 heterocycles. The van der Waals surface area contributed by atoms with Gasteiger partial charge in [-0.15, -0.1) is 12.4 Å². The Balaban J connectivity index is 0.00000450. The molecular weight excluding hydrogens is 396 g/mol. The van der Waals surface area contributed by atoms with Crippen molar-refractivity contribution in [3.8, 4) is 11.1 Å². The van der Waals surface area contributed by atoms with Gasteiger partial charge in [-0.25, -0.2) is 0 Å². The molecule has 0 aliphatic heterocycles. The van der Waals surface area contributed by atoms with Crippen LogP contribution in [0.1, 0.15) is 68.6 Å². The second-order valence-electron chi connectivity index (χ2n) is 8.61. The van der Waals surface area contributed by atoms with Gasteiger partial charge in [0.15, 0.2) is 0 Å². The van der Waals surface area contributed by atoms with Gasteiger partial charge < -0.3 is 10.8 Å². The summed E-state index contributed by atoms with van der Waals surface area (Å²) < 4.78 is 0. The van der Waals surface area contributed by atoms with Crippen molar-refractivity contribution >= 4 is 18.4 Å². The van der Waals surface area contributed by atoms with Crippen molar-refractivity contribution in [1.29, 1.82) is 0 Å². The number of aliphatic carboxylic acids is 1. The molecule has 0 bridgehead atoms. The lowest BCUT2D eigenvalue weighted by atomic mass is 9.74. The summed E-state index contributed by atoms with van der Waals surface area (Å²) >= 11 is 0. The molecule has 5 heteroatoms. The average molecular weight is 433 g/mol. The van der Waals surface area contributed by atoms with Gasteiger partial charge in [0.1, 0.15) is 0 Å². The lowest BCUT2D eigenvalue weighted by Crippen LogP contribution is -2.33. The van der Waals surface area contributed by atoms with Gasteiger partial charge in [0.2, 0.25) is 0 Å². The number of nitrogens with zero attached hydrogens (tertiary/aromatic N) is 1. The van der Waals surface area contributed by atoms with Crippen LogP contribution in [0.15, 0.2) is 24.3 Å². The van der Waals surface area contributed by atoms with Crippen molar-refractivity contribution in [3.63, 3.8) is 0 Å². The summed E-state index contributed by atoms with van der Waals surface area (Å²) in [5.41, 5.74) is 12.8. The minimum absolute atomic E-state index is 0. The number of aryl methyl sites for hydroxylation is 2. The smallest absolute Gasteiger partial charge is 0.309 e. The molecule has 2 aromatic rings. The van der Waals surface area contributed by atoms with Gasteiger partial charge in [0, 0.05) is 17.9 Å². The lowest BCUT2D eigenvalue weighted by molar-refractivity contribution is -0.149. The Labute approximate surface area is 187 Å². The standard InChI is InChI=1S/C25H36N2O2.ClH/c1-7-25(8-2,24(28)29)14-20-18(6)27-22(13-16(3)4)21(15-26)23(20)19-11-9-17(5)10-12-19;/h9-12,16H,7-8,13-15,26H2,1-6H3,(H,28,29);1H. The second kappa shape index (κ2) is 10.9. The summed E-state index contributed by atoms with van der Waals surface area (Å²) in [7, 11) is 0. The lowest BCUT2D eigenvalue weighted by Gasteiger charge is -2.30. The largest absolute Gasteiger partial charge is 0.481 e.